The lowest BCUT2D eigenvalue weighted by Gasteiger charge is -2.37. The highest BCUT2D eigenvalue weighted by atomic mass is 16.5. The van der Waals surface area contributed by atoms with Crippen molar-refractivity contribution in [1.82, 2.24) is 0 Å². The summed E-state index contributed by atoms with van der Waals surface area (Å²) in [6, 6.07) is 10.0. The molecule has 0 radical (unpaired) electrons. The van der Waals surface area contributed by atoms with Crippen LogP contribution >= 0.6 is 0 Å². The number of fused-ring (bicyclic) bond motifs is 2. The van der Waals surface area contributed by atoms with Crippen LogP contribution in [-0.4, -0.2) is 63.6 Å². The quantitative estimate of drug-likeness (QED) is 0.156. The normalized spacial score (nSPS) is 21.0. The Balaban J connectivity index is 1.59. The van der Waals surface area contributed by atoms with Gasteiger partial charge < -0.3 is 55.4 Å². The standard InChI is InChI=1S/C30H22O13/c31-12-3-1-10(2-4-12)28-23(25(39)20-14(33)7-13(32)8-19(20)42-28)21-15(34)9-16(35)22-26(40)27(41)29(43-30(21)22)11-5-17(36)24(38)18(37)6-11/h1-9,23,27-29,31-38,41H. The fourth-order valence-corrected chi connectivity index (χ4v) is 5.46. The third-order valence-electron chi connectivity index (χ3n) is 7.43. The number of aliphatic hydroxyl groups is 1. The molecule has 13 nitrogen and oxygen atoms in total. The Kier molecular flexibility index (Phi) is 6.13. The zero-order valence-electron chi connectivity index (χ0n) is 21.7. The van der Waals surface area contributed by atoms with Crippen LogP contribution in [0, 0.1) is 0 Å². The molecule has 4 aromatic carbocycles. The molecule has 0 aliphatic carbocycles. The van der Waals surface area contributed by atoms with Gasteiger partial charge in [0.25, 0.3) is 0 Å². The van der Waals surface area contributed by atoms with E-state index in [1.54, 1.807) is 0 Å². The minimum Gasteiger partial charge on any atom is -0.508 e. The van der Waals surface area contributed by atoms with Crippen molar-refractivity contribution in [2.24, 2.45) is 0 Å². The Morgan fingerprint density at radius 2 is 1.19 bits per heavy atom. The molecule has 0 saturated carbocycles. The molecule has 0 spiro atoms. The molecule has 9 N–H and O–H groups in total. The third-order valence-corrected chi connectivity index (χ3v) is 7.43. The minimum atomic E-state index is -2.02. The molecule has 4 aromatic rings. The van der Waals surface area contributed by atoms with E-state index in [1.807, 2.05) is 0 Å². The van der Waals surface area contributed by atoms with Gasteiger partial charge >= 0.3 is 0 Å². The Hall–Kier alpha value is -5.82. The van der Waals surface area contributed by atoms with Crippen molar-refractivity contribution >= 4 is 11.6 Å². The summed E-state index contributed by atoms with van der Waals surface area (Å²) in [6.45, 7) is 0. The number of Topliss-reactive ketones (excluding diaryl/α,β-unsaturated/α-hetero) is 2. The van der Waals surface area contributed by atoms with E-state index in [-0.39, 0.29) is 33.8 Å². The molecular formula is C30H22O13. The molecule has 2 aliphatic rings. The maximum atomic E-state index is 14.1. The first-order valence-electron chi connectivity index (χ1n) is 12.7. The van der Waals surface area contributed by atoms with Crippen LogP contribution in [0.2, 0.25) is 0 Å². The van der Waals surface area contributed by atoms with Crippen LogP contribution in [0.4, 0.5) is 0 Å². The lowest BCUT2D eigenvalue weighted by Crippen LogP contribution is -2.38. The van der Waals surface area contributed by atoms with Crippen LogP contribution in [0.5, 0.6) is 57.5 Å². The molecule has 0 bridgehead atoms. The second kappa shape index (κ2) is 9.63. The number of carbonyl (C=O) groups is 2. The van der Waals surface area contributed by atoms with Crippen molar-refractivity contribution < 1.29 is 65.0 Å². The number of aliphatic hydroxyl groups excluding tert-OH is 1. The first-order valence-corrected chi connectivity index (χ1v) is 12.7. The number of ether oxygens (including phenoxy) is 2. The second-order valence-electron chi connectivity index (χ2n) is 10.1. The lowest BCUT2D eigenvalue weighted by molar-refractivity contribution is 0.0195. The molecular weight excluding hydrogens is 568 g/mol. The number of ketones is 2. The van der Waals surface area contributed by atoms with E-state index in [9.17, 15) is 55.5 Å². The van der Waals surface area contributed by atoms with E-state index in [4.69, 9.17) is 9.47 Å². The number of phenols is 8. The van der Waals surface area contributed by atoms with Gasteiger partial charge in [0, 0.05) is 23.8 Å². The number of benzene rings is 4. The smallest absolute Gasteiger partial charge is 0.202 e. The van der Waals surface area contributed by atoms with Crippen molar-refractivity contribution in [3.05, 3.63) is 82.4 Å². The molecule has 4 unspecified atom stereocenters. The number of hydrogen-bond donors (Lipinski definition) is 9. The van der Waals surface area contributed by atoms with Gasteiger partial charge in [-0.15, -0.1) is 0 Å². The minimum absolute atomic E-state index is 0.117. The van der Waals surface area contributed by atoms with Crippen LogP contribution in [0.25, 0.3) is 0 Å². The molecule has 2 aliphatic heterocycles. The zero-order chi connectivity index (χ0) is 30.9. The Morgan fingerprint density at radius 1 is 0.558 bits per heavy atom. The van der Waals surface area contributed by atoms with Gasteiger partial charge in [0.2, 0.25) is 5.78 Å². The summed E-state index contributed by atoms with van der Waals surface area (Å²) in [4.78, 5) is 27.5. The van der Waals surface area contributed by atoms with E-state index in [0.29, 0.717) is 0 Å². The number of carbonyl (C=O) groups excluding carboxylic acids is 2. The topological polar surface area (TPSA) is 235 Å². The Bertz CT molecular complexity index is 1810. The largest absolute Gasteiger partial charge is 0.508 e. The highest BCUT2D eigenvalue weighted by Gasteiger charge is 2.48. The van der Waals surface area contributed by atoms with Crippen molar-refractivity contribution in [2.75, 3.05) is 0 Å². The first-order chi connectivity index (χ1) is 20.4. The van der Waals surface area contributed by atoms with Gasteiger partial charge in [-0.05, 0) is 29.8 Å². The van der Waals surface area contributed by atoms with Crippen LogP contribution in [0.1, 0.15) is 55.5 Å². The summed E-state index contributed by atoms with van der Waals surface area (Å²) in [7, 11) is 0. The van der Waals surface area contributed by atoms with Crippen LogP contribution in [-0.2, 0) is 0 Å². The molecule has 220 valence electrons. The Morgan fingerprint density at radius 3 is 1.84 bits per heavy atom. The van der Waals surface area contributed by atoms with Crippen molar-refractivity contribution in [3.63, 3.8) is 0 Å². The van der Waals surface area contributed by atoms with E-state index in [0.717, 1.165) is 30.3 Å². The summed E-state index contributed by atoms with van der Waals surface area (Å²) in [5, 5.41) is 92.9. The summed E-state index contributed by atoms with van der Waals surface area (Å²) in [5.74, 6) is -9.48. The van der Waals surface area contributed by atoms with E-state index < -0.39 is 87.4 Å². The second-order valence-corrected chi connectivity index (χ2v) is 10.1. The molecule has 4 atom stereocenters. The summed E-state index contributed by atoms with van der Waals surface area (Å²) in [6.07, 6.45) is -5.02. The van der Waals surface area contributed by atoms with Gasteiger partial charge in [-0.3, -0.25) is 9.59 Å². The van der Waals surface area contributed by atoms with Gasteiger partial charge in [0.05, 0.1) is 11.5 Å². The van der Waals surface area contributed by atoms with Gasteiger partial charge in [-0.25, -0.2) is 0 Å². The molecule has 6 rings (SSSR count). The highest BCUT2D eigenvalue weighted by molar-refractivity contribution is 6.10. The maximum absolute atomic E-state index is 14.1. The molecule has 0 amide bonds. The molecule has 43 heavy (non-hydrogen) atoms. The summed E-state index contributed by atoms with van der Waals surface area (Å²) < 4.78 is 12.0. The van der Waals surface area contributed by atoms with Gasteiger partial charge in [-0.2, -0.15) is 0 Å². The molecule has 0 fully saturated rings. The van der Waals surface area contributed by atoms with Gasteiger partial charge in [0.15, 0.2) is 35.2 Å². The fourth-order valence-electron chi connectivity index (χ4n) is 5.46. The van der Waals surface area contributed by atoms with Crippen molar-refractivity contribution in [1.29, 1.82) is 0 Å². The van der Waals surface area contributed by atoms with Crippen LogP contribution in [0.3, 0.4) is 0 Å². The SMILES string of the molecule is O=C1c2c(O)cc(O)c(C3C(=O)c4c(O)cc(O)cc4OC3c3ccc(O)cc3)c2OC(c2cc(O)c(O)c(O)c2)C1O. The number of phenolic OH excluding ortho intramolecular Hbond substituents is 8. The number of hydrogen-bond acceptors (Lipinski definition) is 13. The third kappa shape index (κ3) is 4.21. The monoisotopic (exact) mass is 590 g/mol. The van der Waals surface area contributed by atoms with Gasteiger partial charge in [-0.1, -0.05) is 12.1 Å². The number of rotatable bonds is 3. The van der Waals surface area contributed by atoms with Crippen LogP contribution < -0.4 is 9.47 Å². The molecule has 0 aromatic heterocycles. The lowest BCUT2D eigenvalue weighted by atomic mass is 9.78. The molecule has 2 heterocycles. The highest BCUT2D eigenvalue weighted by Crippen LogP contribution is 2.55. The van der Waals surface area contributed by atoms with Crippen molar-refractivity contribution in [2.45, 2.75) is 24.2 Å². The zero-order valence-corrected chi connectivity index (χ0v) is 21.7. The molecule has 13 heteroatoms. The van der Waals surface area contributed by atoms with Crippen LogP contribution in [0.15, 0.2) is 54.6 Å². The number of aromatic hydroxyl groups is 8. The predicted octanol–water partition coefficient (Wildman–Crippen LogP) is 3.11. The van der Waals surface area contributed by atoms with Crippen molar-refractivity contribution in [3.8, 4) is 57.5 Å². The first kappa shape index (κ1) is 27.4. The summed E-state index contributed by atoms with van der Waals surface area (Å²) in [5.41, 5.74) is -1.26. The summed E-state index contributed by atoms with van der Waals surface area (Å²) >= 11 is 0. The molecule has 0 saturated heterocycles. The average Bonchev–Trinajstić information content (AvgIpc) is 2.94. The predicted molar refractivity (Wildman–Crippen MR) is 143 cm³/mol. The average molecular weight is 590 g/mol. The Labute approximate surface area is 240 Å². The van der Waals surface area contributed by atoms with E-state index in [1.165, 1.54) is 24.3 Å². The van der Waals surface area contributed by atoms with Gasteiger partial charge in [0.1, 0.15) is 57.5 Å². The van der Waals surface area contributed by atoms with E-state index >= 15 is 0 Å². The fraction of sp³-hybridized carbons (Fsp3) is 0.133. The van der Waals surface area contributed by atoms with E-state index in [2.05, 4.69) is 0 Å². The maximum Gasteiger partial charge on any atom is 0.202 e.